The van der Waals surface area contributed by atoms with Crippen LogP contribution in [-0.4, -0.2) is 138 Å². The SMILES string of the molecule is OCCN1CCN2CCOCCOCCN(CCOCCOCC2)CC1. The van der Waals surface area contributed by atoms with E-state index in [1.165, 1.54) is 0 Å². The molecule has 154 valence electrons. The van der Waals surface area contributed by atoms with Gasteiger partial charge in [-0.1, -0.05) is 0 Å². The summed E-state index contributed by atoms with van der Waals surface area (Å²) in [6.07, 6.45) is 0. The van der Waals surface area contributed by atoms with Gasteiger partial charge in [0, 0.05) is 58.9 Å². The van der Waals surface area contributed by atoms with Crippen LogP contribution in [0.3, 0.4) is 0 Å². The zero-order valence-corrected chi connectivity index (χ0v) is 16.1. The largest absolute Gasteiger partial charge is 0.395 e. The van der Waals surface area contributed by atoms with Gasteiger partial charge >= 0.3 is 0 Å². The maximum atomic E-state index is 9.40. The van der Waals surface area contributed by atoms with Gasteiger partial charge in [-0.05, 0) is 0 Å². The molecule has 2 bridgehead atoms. The molecule has 0 atom stereocenters. The van der Waals surface area contributed by atoms with Gasteiger partial charge in [0.15, 0.2) is 0 Å². The van der Waals surface area contributed by atoms with Crippen molar-refractivity contribution < 1.29 is 24.1 Å². The Bertz CT molecular complexity index is 286. The van der Waals surface area contributed by atoms with Crippen molar-refractivity contribution in [2.75, 3.05) is 118 Å². The van der Waals surface area contributed by atoms with Crippen LogP contribution in [0, 0.1) is 0 Å². The molecule has 0 spiro atoms. The highest BCUT2D eigenvalue weighted by atomic mass is 16.5. The summed E-state index contributed by atoms with van der Waals surface area (Å²) in [5, 5.41) is 9.40. The molecule has 2 aliphatic rings. The maximum Gasteiger partial charge on any atom is 0.0701 e. The highest BCUT2D eigenvalue weighted by molar-refractivity contribution is 4.67. The van der Waals surface area contributed by atoms with Gasteiger partial charge in [-0.2, -0.15) is 0 Å². The minimum atomic E-state index is 0.193. The quantitative estimate of drug-likeness (QED) is 0.615. The van der Waals surface area contributed by atoms with E-state index >= 15 is 0 Å². The van der Waals surface area contributed by atoms with Gasteiger partial charge in [0.2, 0.25) is 0 Å². The van der Waals surface area contributed by atoms with Crippen LogP contribution in [0.4, 0.5) is 0 Å². The number of aliphatic hydroxyl groups excluding tert-OH is 1. The Morgan fingerprint density at radius 3 is 1.23 bits per heavy atom. The van der Waals surface area contributed by atoms with Gasteiger partial charge in [-0.25, -0.2) is 0 Å². The first-order valence-corrected chi connectivity index (χ1v) is 9.97. The van der Waals surface area contributed by atoms with Crippen LogP contribution in [0.5, 0.6) is 0 Å². The van der Waals surface area contributed by atoms with Crippen LogP contribution in [-0.2, 0) is 18.9 Å². The monoisotopic (exact) mass is 375 g/mol. The first-order chi connectivity index (χ1) is 12.9. The van der Waals surface area contributed by atoms with Crippen molar-refractivity contribution in [3.63, 3.8) is 0 Å². The molecule has 2 rings (SSSR count). The van der Waals surface area contributed by atoms with Gasteiger partial charge in [-0.15, -0.1) is 0 Å². The van der Waals surface area contributed by atoms with Gasteiger partial charge < -0.3 is 24.1 Å². The van der Waals surface area contributed by atoms with Gasteiger partial charge in [0.25, 0.3) is 0 Å². The Balaban J connectivity index is 1.99. The van der Waals surface area contributed by atoms with E-state index in [-0.39, 0.29) is 6.61 Å². The second kappa shape index (κ2) is 14.7. The molecular weight excluding hydrogens is 338 g/mol. The molecule has 0 unspecified atom stereocenters. The summed E-state index contributed by atoms with van der Waals surface area (Å²) in [4.78, 5) is 7.09. The molecule has 2 aliphatic heterocycles. The molecule has 2 heterocycles. The van der Waals surface area contributed by atoms with E-state index in [4.69, 9.17) is 18.9 Å². The van der Waals surface area contributed by atoms with E-state index < -0.39 is 0 Å². The van der Waals surface area contributed by atoms with E-state index in [1.54, 1.807) is 0 Å². The Morgan fingerprint density at radius 1 is 0.500 bits per heavy atom. The van der Waals surface area contributed by atoms with E-state index in [1.807, 2.05) is 0 Å². The number of fused-ring (bicyclic) bond motifs is 6. The summed E-state index contributed by atoms with van der Waals surface area (Å²) >= 11 is 0. The second-order valence-electron chi connectivity index (χ2n) is 6.70. The lowest BCUT2D eigenvalue weighted by Gasteiger charge is -2.29. The van der Waals surface area contributed by atoms with Crippen molar-refractivity contribution in [3.05, 3.63) is 0 Å². The molecule has 0 aromatic rings. The smallest absolute Gasteiger partial charge is 0.0701 e. The number of nitrogens with zero attached hydrogens (tertiary/aromatic N) is 3. The van der Waals surface area contributed by atoms with E-state index in [2.05, 4.69) is 14.7 Å². The van der Waals surface area contributed by atoms with Crippen molar-refractivity contribution in [2.45, 2.75) is 0 Å². The van der Waals surface area contributed by atoms with Crippen LogP contribution >= 0.6 is 0 Å². The molecule has 0 aromatic carbocycles. The van der Waals surface area contributed by atoms with E-state index in [0.717, 1.165) is 52.4 Å². The van der Waals surface area contributed by atoms with Crippen molar-refractivity contribution >= 4 is 0 Å². The minimum Gasteiger partial charge on any atom is -0.395 e. The average Bonchev–Trinajstić information content (AvgIpc) is 2.66. The Hall–Kier alpha value is -0.320. The fourth-order valence-corrected chi connectivity index (χ4v) is 3.13. The number of rotatable bonds is 2. The minimum absolute atomic E-state index is 0.193. The molecule has 0 saturated carbocycles. The first kappa shape index (κ1) is 22.0. The van der Waals surface area contributed by atoms with Gasteiger partial charge in [0.05, 0.1) is 59.5 Å². The highest BCUT2D eigenvalue weighted by Crippen LogP contribution is 1.99. The second-order valence-corrected chi connectivity index (χ2v) is 6.70. The molecule has 2 fully saturated rings. The van der Waals surface area contributed by atoms with Gasteiger partial charge in [0.1, 0.15) is 0 Å². The fourth-order valence-electron chi connectivity index (χ4n) is 3.13. The molecule has 8 heteroatoms. The molecule has 1 N–H and O–H groups in total. The fraction of sp³-hybridized carbons (Fsp3) is 1.00. The highest BCUT2D eigenvalue weighted by Gasteiger charge is 2.13. The Kier molecular flexibility index (Phi) is 12.4. The molecular formula is C18H37N3O5. The van der Waals surface area contributed by atoms with E-state index in [0.29, 0.717) is 59.4 Å². The third kappa shape index (κ3) is 10.1. The predicted molar refractivity (Wildman–Crippen MR) is 99.7 cm³/mol. The van der Waals surface area contributed by atoms with Crippen molar-refractivity contribution in [1.29, 1.82) is 0 Å². The van der Waals surface area contributed by atoms with Crippen LogP contribution in [0.15, 0.2) is 0 Å². The zero-order valence-electron chi connectivity index (χ0n) is 16.1. The number of hydrogen-bond acceptors (Lipinski definition) is 8. The molecule has 26 heavy (non-hydrogen) atoms. The van der Waals surface area contributed by atoms with Crippen LogP contribution < -0.4 is 0 Å². The summed E-state index contributed by atoms with van der Waals surface area (Å²) in [5.41, 5.74) is 0. The van der Waals surface area contributed by atoms with Crippen molar-refractivity contribution in [1.82, 2.24) is 14.7 Å². The molecule has 8 nitrogen and oxygen atoms in total. The summed E-state index contributed by atoms with van der Waals surface area (Å²) in [6.45, 7) is 13.7. The first-order valence-electron chi connectivity index (χ1n) is 9.97. The van der Waals surface area contributed by atoms with Crippen molar-refractivity contribution in [3.8, 4) is 0 Å². The summed E-state index contributed by atoms with van der Waals surface area (Å²) in [5.74, 6) is 0. The predicted octanol–water partition coefficient (Wildman–Crippen LogP) is -1.02. The number of ether oxygens (including phenoxy) is 4. The molecule has 0 aromatic heterocycles. The van der Waals surface area contributed by atoms with E-state index in [9.17, 15) is 5.11 Å². The summed E-state index contributed by atoms with van der Waals surface area (Å²) < 4.78 is 22.8. The average molecular weight is 376 g/mol. The van der Waals surface area contributed by atoms with Crippen LogP contribution in [0.1, 0.15) is 0 Å². The third-order valence-electron chi connectivity index (χ3n) is 4.83. The maximum absolute atomic E-state index is 9.40. The molecule has 2 saturated heterocycles. The lowest BCUT2D eigenvalue weighted by Crippen LogP contribution is -2.43. The Labute approximate surface area is 157 Å². The Morgan fingerprint density at radius 2 is 0.885 bits per heavy atom. The van der Waals surface area contributed by atoms with Crippen LogP contribution in [0.25, 0.3) is 0 Å². The lowest BCUT2D eigenvalue weighted by molar-refractivity contribution is 0.00977. The number of hydrogen-bond donors (Lipinski definition) is 1. The lowest BCUT2D eigenvalue weighted by atomic mass is 10.3. The van der Waals surface area contributed by atoms with Crippen LogP contribution in [0.2, 0.25) is 0 Å². The van der Waals surface area contributed by atoms with Crippen molar-refractivity contribution in [2.24, 2.45) is 0 Å². The standard InChI is InChI=1S/C18H37N3O5/c22-10-5-19-1-3-20-6-11-23-15-17-25-13-8-21(4-2-19)9-14-26-18-16-24-12-7-20/h22H,1-18H2. The molecule has 0 aliphatic carbocycles. The molecule has 0 radical (unpaired) electrons. The topological polar surface area (TPSA) is 66.9 Å². The number of aliphatic hydroxyl groups is 1. The normalized spacial score (nSPS) is 29.9. The summed E-state index contributed by atoms with van der Waals surface area (Å²) in [7, 11) is 0. The van der Waals surface area contributed by atoms with Gasteiger partial charge in [-0.3, -0.25) is 14.7 Å². The molecule has 0 amide bonds. The zero-order chi connectivity index (χ0) is 18.3. The third-order valence-corrected chi connectivity index (χ3v) is 4.83. The summed E-state index contributed by atoms with van der Waals surface area (Å²) in [6, 6.07) is 0.